The lowest BCUT2D eigenvalue weighted by atomic mass is 10.4. The minimum atomic E-state index is -0.416. The van der Waals surface area contributed by atoms with Gasteiger partial charge >= 0.3 is 0 Å². The topological polar surface area (TPSA) is 92.8 Å². The van der Waals surface area contributed by atoms with Gasteiger partial charge in [-0.15, -0.1) is 5.10 Å². The molecule has 0 bridgehead atoms. The molecule has 1 amide bonds. The van der Waals surface area contributed by atoms with Crippen molar-refractivity contribution < 1.29 is 9.53 Å². The fraction of sp³-hybridized carbons (Fsp3) is 0.200. The van der Waals surface area contributed by atoms with Crippen LogP contribution in [0.4, 0.5) is 5.69 Å². The SMILES string of the molecule is COc1ncccc1NC(=O)c1n[nH]c(C)n1. The summed E-state index contributed by atoms with van der Waals surface area (Å²) in [5.41, 5.74) is 0.474. The molecule has 88 valence electrons. The van der Waals surface area contributed by atoms with Crippen molar-refractivity contribution in [1.82, 2.24) is 20.2 Å². The van der Waals surface area contributed by atoms with E-state index >= 15 is 0 Å². The van der Waals surface area contributed by atoms with Gasteiger partial charge in [0, 0.05) is 6.20 Å². The number of anilines is 1. The highest BCUT2D eigenvalue weighted by Crippen LogP contribution is 2.19. The monoisotopic (exact) mass is 233 g/mol. The van der Waals surface area contributed by atoms with Gasteiger partial charge in [-0.1, -0.05) is 0 Å². The summed E-state index contributed by atoms with van der Waals surface area (Å²) in [7, 11) is 1.48. The normalized spacial score (nSPS) is 10.0. The smallest absolute Gasteiger partial charge is 0.295 e. The zero-order chi connectivity index (χ0) is 12.3. The highest BCUT2D eigenvalue weighted by Gasteiger charge is 2.13. The summed E-state index contributed by atoms with van der Waals surface area (Å²) in [5, 5.41) is 8.97. The number of carbonyl (C=O) groups is 1. The lowest BCUT2D eigenvalue weighted by molar-refractivity contribution is 0.101. The van der Waals surface area contributed by atoms with Crippen LogP contribution in [0.25, 0.3) is 0 Å². The number of carbonyl (C=O) groups excluding carboxylic acids is 1. The highest BCUT2D eigenvalue weighted by molar-refractivity contribution is 6.02. The number of pyridine rings is 1. The van der Waals surface area contributed by atoms with Gasteiger partial charge in [-0.2, -0.15) is 0 Å². The van der Waals surface area contributed by atoms with Gasteiger partial charge in [0.15, 0.2) is 0 Å². The Bertz CT molecular complexity index is 537. The number of hydrogen-bond donors (Lipinski definition) is 2. The van der Waals surface area contributed by atoms with Gasteiger partial charge in [-0.05, 0) is 19.1 Å². The lowest BCUT2D eigenvalue weighted by Crippen LogP contribution is -2.14. The Morgan fingerprint density at radius 1 is 1.53 bits per heavy atom. The second-order valence-electron chi connectivity index (χ2n) is 3.26. The number of methoxy groups -OCH3 is 1. The van der Waals surface area contributed by atoms with Crippen molar-refractivity contribution in [3.63, 3.8) is 0 Å². The van der Waals surface area contributed by atoms with Gasteiger partial charge < -0.3 is 10.1 Å². The van der Waals surface area contributed by atoms with Crippen LogP contribution in [-0.4, -0.2) is 33.2 Å². The van der Waals surface area contributed by atoms with E-state index in [9.17, 15) is 4.79 Å². The van der Waals surface area contributed by atoms with E-state index in [-0.39, 0.29) is 5.82 Å². The average Bonchev–Trinajstić information content (AvgIpc) is 2.77. The first-order valence-electron chi connectivity index (χ1n) is 4.90. The fourth-order valence-electron chi connectivity index (χ4n) is 1.27. The van der Waals surface area contributed by atoms with Crippen LogP contribution >= 0.6 is 0 Å². The molecule has 0 unspecified atom stereocenters. The Kier molecular flexibility index (Phi) is 2.99. The van der Waals surface area contributed by atoms with E-state index in [1.54, 1.807) is 25.3 Å². The van der Waals surface area contributed by atoms with Gasteiger partial charge in [0.05, 0.1) is 7.11 Å². The molecule has 0 spiro atoms. The molecule has 0 radical (unpaired) electrons. The number of amides is 1. The molecule has 0 aliphatic heterocycles. The number of aromatic amines is 1. The Balaban J connectivity index is 2.18. The highest BCUT2D eigenvalue weighted by atomic mass is 16.5. The van der Waals surface area contributed by atoms with Crippen LogP contribution in [0.15, 0.2) is 18.3 Å². The molecule has 2 aromatic rings. The van der Waals surface area contributed by atoms with Gasteiger partial charge in [0.1, 0.15) is 11.5 Å². The number of ether oxygens (including phenoxy) is 1. The van der Waals surface area contributed by atoms with Crippen LogP contribution in [0, 0.1) is 6.92 Å². The van der Waals surface area contributed by atoms with Gasteiger partial charge in [-0.3, -0.25) is 9.89 Å². The van der Waals surface area contributed by atoms with Crippen molar-refractivity contribution in [2.24, 2.45) is 0 Å². The van der Waals surface area contributed by atoms with Crippen LogP contribution in [0.2, 0.25) is 0 Å². The molecule has 0 saturated carbocycles. The second kappa shape index (κ2) is 4.60. The third-order valence-electron chi connectivity index (χ3n) is 2.01. The molecule has 2 heterocycles. The molecule has 2 aromatic heterocycles. The number of H-pyrrole nitrogens is 1. The summed E-state index contributed by atoms with van der Waals surface area (Å²) in [6.07, 6.45) is 1.57. The zero-order valence-electron chi connectivity index (χ0n) is 9.39. The molecule has 0 saturated heterocycles. The van der Waals surface area contributed by atoms with E-state index in [1.807, 2.05) is 0 Å². The van der Waals surface area contributed by atoms with E-state index in [0.29, 0.717) is 17.4 Å². The number of hydrogen-bond acceptors (Lipinski definition) is 5. The fourth-order valence-corrected chi connectivity index (χ4v) is 1.27. The number of rotatable bonds is 3. The van der Waals surface area contributed by atoms with Gasteiger partial charge in [0.2, 0.25) is 11.7 Å². The van der Waals surface area contributed by atoms with E-state index in [4.69, 9.17) is 4.74 Å². The first kappa shape index (κ1) is 11.1. The maximum absolute atomic E-state index is 11.8. The van der Waals surface area contributed by atoms with Crippen LogP contribution in [-0.2, 0) is 0 Å². The lowest BCUT2D eigenvalue weighted by Gasteiger charge is -2.06. The Hall–Kier alpha value is -2.44. The van der Waals surface area contributed by atoms with Gasteiger partial charge in [0.25, 0.3) is 5.91 Å². The summed E-state index contributed by atoms with van der Waals surface area (Å²) >= 11 is 0. The quantitative estimate of drug-likeness (QED) is 0.816. The largest absolute Gasteiger partial charge is 0.480 e. The Morgan fingerprint density at radius 3 is 3.00 bits per heavy atom. The summed E-state index contributed by atoms with van der Waals surface area (Å²) in [6, 6.07) is 3.38. The summed E-state index contributed by atoms with van der Waals surface area (Å²) in [4.78, 5) is 19.6. The van der Waals surface area contributed by atoms with Crippen LogP contribution in [0.5, 0.6) is 5.88 Å². The number of aromatic nitrogens is 4. The van der Waals surface area contributed by atoms with Crippen molar-refractivity contribution in [3.8, 4) is 5.88 Å². The number of aryl methyl sites for hydroxylation is 1. The third-order valence-corrected chi connectivity index (χ3v) is 2.01. The van der Waals surface area contributed by atoms with E-state index in [2.05, 4.69) is 25.5 Å². The molecule has 0 atom stereocenters. The van der Waals surface area contributed by atoms with E-state index in [0.717, 1.165) is 0 Å². The minimum Gasteiger partial charge on any atom is -0.480 e. The molecule has 17 heavy (non-hydrogen) atoms. The molecular weight excluding hydrogens is 222 g/mol. The van der Waals surface area contributed by atoms with Crippen molar-refractivity contribution >= 4 is 11.6 Å². The number of nitrogens with one attached hydrogen (secondary N) is 2. The third kappa shape index (κ3) is 2.39. The molecule has 2 N–H and O–H groups in total. The molecular formula is C10H11N5O2. The minimum absolute atomic E-state index is 0.0772. The van der Waals surface area contributed by atoms with Gasteiger partial charge in [-0.25, -0.2) is 9.97 Å². The maximum atomic E-state index is 11.8. The van der Waals surface area contributed by atoms with E-state index in [1.165, 1.54) is 7.11 Å². The van der Waals surface area contributed by atoms with Crippen molar-refractivity contribution in [2.75, 3.05) is 12.4 Å². The van der Waals surface area contributed by atoms with Crippen molar-refractivity contribution in [2.45, 2.75) is 6.92 Å². The second-order valence-corrected chi connectivity index (χ2v) is 3.26. The Morgan fingerprint density at radius 2 is 2.35 bits per heavy atom. The van der Waals surface area contributed by atoms with Crippen LogP contribution < -0.4 is 10.1 Å². The summed E-state index contributed by atoms with van der Waals surface area (Å²) < 4.78 is 5.01. The van der Waals surface area contributed by atoms with Crippen molar-refractivity contribution in [1.29, 1.82) is 0 Å². The molecule has 7 nitrogen and oxygen atoms in total. The summed E-state index contributed by atoms with van der Waals surface area (Å²) in [6.45, 7) is 1.72. The summed E-state index contributed by atoms with van der Waals surface area (Å²) in [5.74, 6) is 0.579. The van der Waals surface area contributed by atoms with Crippen molar-refractivity contribution in [3.05, 3.63) is 30.0 Å². The molecule has 0 fully saturated rings. The first-order valence-corrected chi connectivity index (χ1v) is 4.90. The standard InChI is InChI=1S/C10H11N5O2/c1-6-12-8(15-14-6)9(16)13-7-4-3-5-11-10(7)17-2/h3-5H,1-2H3,(H,13,16)(H,12,14,15). The molecule has 7 heteroatoms. The predicted octanol–water partition coefficient (Wildman–Crippen LogP) is 0.769. The average molecular weight is 233 g/mol. The maximum Gasteiger partial charge on any atom is 0.295 e. The molecule has 2 rings (SSSR count). The zero-order valence-corrected chi connectivity index (χ0v) is 9.39. The molecule has 0 aliphatic rings. The molecule has 0 aliphatic carbocycles. The number of nitrogens with zero attached hydrogens (tertiary/aromatic N) is 3. The Labute approximate surface area is 97.2 Å². The predicted molar refractivity (Wildman–Crippen MR) is 59.9 cm³/mol. The van der Waals surface area contributed by atoms with Crippen LogP contribution in [0.1, 0.15) is 16.4 Å². The van der Waals surface area contributed by atoms with Crippen LogP contribution in [0.3, 0.4) is 0 Å². The first-order chi connectivity index (χ1) is 8.20. The molecule has 0 aromatic carbocycles. The van der Waals surface area contributed by atoms with E-state index < -0.39 is 5.91 Å².